The molecular formula is C22H30IN3O. The monoisotopic (exact) mass is 479 g/mol. The predicted molar refractivity (Wildman–Crippen MR) is 123 cm³/mol. The second-order valence-electron chi connectivity index (χ2n) is 7.13. The van der Waals surface area contributed by atoms with Crippen molar-refractivity contribution in [2.75, 3.05) is 33.9 Å². The third-order valence-electron chi connectivity index (χ3n) is 5.10. The van der Waals surface area contributed by atoms with E-state index in [1.54, 1.807) is 0 Å². The van der Waals surface area contributed by atoms with Crippen molar-refractivity contribution in [3.05, 3.63) is 71.8 Å². The molecule has 1 aliphatic rings. The van der Waals surface area contributed by atoms with Crippen molar-refractivity contribution in [2.45, 2.75) is 24.8 Å². The first kappa shape index (κ1) is 21.7. The van der Waals surface area contributed by atoms with Gasteiger partial charge in [-0.25, -0.2) is 4.99 Å². The van der Waals surface area contributed by atoms with E-state index in [9.17, 15) is 0 Å². The Kier molecular flexibility index (Phi) is 8.57. The van der Waals surface area contributed by atoms with Crippen LogP contribution in [-0.2, 0) is 16.7 Å². The Morgan fingerprint density at radius 3 is 2.19 bits per heavy atom. The Morgan fingerprint density at radius 1 is 1.00 bits per heavy atom. The molecule has 1 saturated heterocycles. The summed E-state index contributed by atoms with van der Waals surface area (Å²) in [6, 6.07) is 21.2. The van der Waals surface area contributed by atoms with Gasteiger partial charge in [0.2, 0.25) is 0 Å². The molecule has 3 rings (SSSR count). The number of halogens is 1. The van der Waals surface area contributed by atoms with E-state index >= 15 is 0 Å². The van der Waals surface area contributed by atoms with Gasteiger partial charge in [-0.05, 0) is 24.0 Å². The van der Waals surface area contributed by atoms with Crippen LogP contribution in [-0.4, -0.2) is 44.7 Å². The largest absolute Gasteiger partial charge is 0.381 e. The highest BCUT2D eigenvalue weighted by Gasteiger charge is 2.34. The summed E-state index contributed by atoms with van der Waals surface area (Å²) in [4.78, 5) is 6.86. The van der Waals surface area contributed by atoms with Gasteiger partial charge in [-0.2, -0.15) is 0 Å². The molecule has 4 nitrogen and oxygen atoms in total. The number of nitrogens with one attached hydrogen (secondary N) is 1. The lowest BCUT2D eigenvalue weighted by Gasteiger charge is -2.38. The molecule has 2 aromatic carbocycles. The van der Waals surface area contributed by atoms with Crippen LogP contribution in [0, 0.1) is 0 Å². The molecule has 0 amide bonds. The standard InChI is InChI=1S/C22H29N3O.HI/c1-25(2)21(23-17-19-9-5-3-6-10-19)24-18-22(13-15-26-16-14-22)20-11-7-4-8-12-20;/h3-12H,13-18H2,1-2H3,(H,23,24);1H. The zero-order valence-electron chi connectivity index (χ0n) is 16.2. The molecule has 0 radical (unpaired) electrons. The third kappa shape index (κ3) is 5.94. The minimum absolute atomic E-state index is 0. The van der Waals surface area contributed by atoms with E-state index in [0.29, 0.717) is 6.54 Å². The van der Waals surface area contributed by atoms with Gasteiger partial charge in [-0.3, -0.25) is 0 Å². The molecule has 0 aliphatic carbocycles. The molecule has 1 aliphatic heterocycles. The SMILES string of the molecule is CN(C)C(=NCc1ccccc1)NCC1(c2ccccc2)CCOCC1.I. The van der Waals surface area contributed by atoms with Gasteiger partial charge < -0.3 is 15.0 Å². The molecular weight excluding hydrogens is 449 g/mol. The van der Waals surface area contributed by atoms with E-state index in [2.05, 4.69) is 64.8 Å². The Hall–Kier alpha value is -1.60. The smallest absolute Gasteiger partial charge is 0.193 e. The first-order valence-electron chi connectivity index (χ1n) is 9.32. The van der Waals surface area contributed by atoms with E-state index in [1.165, 1.54) is 11.1 Å². The molecule has 0 unspecified atom stereocenters. The van der Waals surface area contributed by atoms with E-state index in [-0.39, 0.29) is 29.4 Å². The van der Waals surface area contributed by atoms with Gasteiger partial charge in [-0.1, -0.05) is 60.7 Å². The summed E-state index contributed by atoms with van der Waals surface area (Å²) >= 11 is 0. The first-order chi connectivity index (χ1) is 12.7. The average Bonchev–Trinajstić information content (AvgIpc) is 2.70. The van der Waals surface area contributed by atoms with Crippen molar-refractivity contribution >= 4 is 29.9 Å². The highest BCUT2D eigenvalue weighted by Crippen LogP contribution is 2.34. The number of guanidine groups is 1. The molecule has 1 heterocycles. The van der Waals surface area contributed by atoms with Crippen LogP contribution < -0.4 is 5.32 Å². The van der Waals surface area contributed by atoms with Crippen LogP contribution in [0.25, 0.3) is 0 Å². The van der Waals surface area contributed by atoms with Crippen LogP contribution in [0.5, 0.6) is 0 Å². The lowest BCUT2D eigenvalue weighted by Crippen LogP contribution is -2.47. The normalized spacial score (nSPS) is 16.3. The van der Waals surface area contributed by atoms with Crippen LogP contribution in [0.15, 0.2) is 65.7 Å². The van der Waals surface area contributed by atoms with E-state index in [4.69, 9.17) is 9.73 Å². The van der Waals surface area contributed by atoms with E-state index < -0.39 is 0 Å². The van der Waals surface area contributed by atoms with Gasteiger partial charge in [0.25, 0.3) is 0 Å². The zero-order valence-corrected chi connectivity index (χ0v) is 18.6. The fourth-order valence-corrected chi connectivity index (χ4v) is 3.47. The number of benzene rings is 2. The first-order valence-corrected chi connectivity index (χ1v) is 9.32. The molecule has 0 saturated carbocycles. The van der Waals surface area contributed by atoms with Crippen molar-refractivity contribution in [3.8, 4) is 0 Å². The molecule has 0 aromatic heterocycles. The minimum Gasteiger partial charge on any atom is -0.381 e. The van der Waals surface area contributed by atoms with Crippen molar-refractivity contribution in [1.29, 1.82) is 0 Å². The summed E-state index contributed by atoms with van der Waals surface area (Å²) in [5, 5.41) is 3.62. The quantitative estimate of drug-likeness (QED) is 0.399. The number of rotatable bonds is 5. The topological polar surface area (TPSA) is 36.9 Å². The Morgan fingerprint density at radius 2 is 1.59 bits per heavy atom. The molecule has 0 atom stereocenters. The molecule has 27 heavy (non-hydrogen) atoms. The van der Waals surface area contributed by atoms with Gasteiger partial charge in [0.15, 0.2) is 5.96 Å². The van der Waals surface area contributed by atoms with Crippen LogP contribution in [0.4, 0.5) is 0 Å². The summed E-state index contributed by atoms with van der Waals surface area (Å²) in [5.41, 5.74) is 2.71. The van der Waals surface area contributed by atoms with E-state index in [1.807, 2.05) is 20.2 Å². The number of aliphatic imine (C=N–C) groups is 1. The van der Waals surface area contributed by atoms with E-state index in [0.717, 1.165) is 38.6 Å². The lowest BCUT2D eigenvalue weighted by molar-refractivity contribution is 0.0512. The second kappa shape index (κ2) is 10.7. The van der Waals surface area contributed by atoms with Crippen molar-refractivity contribution < 1.29 is 4.74 Å². The van der Waals surface area contributed by atoms with Crippen LogP contribution >= 0.6 is 24.0 Å². The summed E-state index contributed by atoms with van der Waals surface area (Å²) in [6.45, 7) is 3.18. The fourth-order valence-electron chi connectivity index (χ4n) is 3.47. The van der Waals surface area contributed by atoms with Crippen LogP contribution in [0.2, 0.25) is 0 Å². The van der Waals surface area contributed by atoms with Crippen LogP contribution in [0.1, 0.15) is 24.0 Å². The lowest BCUT2D eigenvalue weighted by atomic mass is 9.74. The average molecular weight is 479 g/mol. The molecule has 0 bridgehead atoms. The summed E-state index contributed by atoms with van der Waals surface area (Å²) < 4.78 is 5.64. The van der Waals surface area contributed by atoms with Gasteiger partial charge in [0.1, 0.15) is 0 Å². The maximum Gasteiger partial charge on any atom is 0.193 e. The highest BCUT2D eigenvalue weighted by atomic mass is 127. The molecule has 0 spiro atoms. The summed E-state index contributed by atoms with van der Waals surface area (Å²) in [5.74, 6) is 0.927. The van der Waals surface area contributed by atoms with Gasteiger partial charge >= 0.3 is 0 Å². The molecule has 1 fully saturated rings. The molecule has 2 aromatic rings. The Bertz CT molecular complexity index is 698. The zero-order chi connectivity index (χ0) is 18.2. The fraction of sp³-hybridized carbons (Fsp3) is 0.409. The Balaban J connectivity index is 0.00000261. The van der Waals surface area contributed by atoms with Crippen molar-refractivity contribution in [1.82, 2.24) is 10.2 Å². The van der Waals surface area contributed by atoms with Gasteiger partial charge in [-0.15, -0.1) is 24.0 Å². The van der Waals surface area contributed by atoms with Gasteiger partial charge in [0.05, 0.1) is 6.54 Å². The molecule has 1 N–H and O–H groups in total. The number of nitrogens with zero attached hydrogens (tertiary/aromatic N) is 2. The molecule has 5 heteroatoms. The van der Waals surface area contributed by atoms with Crippen LogP contribution in [0.3, 0.4) is 0 Å². The number of hydrogen-bond acceptors (Lipinski definition) is 2. The summed E-state index contributed by atoms with van der Waals surface area (Å²) in [7, 11) is 4.08. The van der Waals surface area contributed by atoms with Crippen molar-refractivity contribution in [2.24, 2.45) is 4.99 Å². The second-order valence-corrected chi connectivity index (χ2v) is 7.13. The Labute approximate surface area is 180 Å². The van der Waals surface area contributed by atoms with Crippen molar-refractivity contribution in [3.63, 3.8) is 0 Å². The minimum atomic E-state index is 0. The number of ether oxygens (including phenoxy) is 1. The third-order valence-corrected chi connectivity index (χ3v) is 5.10. The summed E-state index contributed by atoms with van der Waals surface area (Å²) in [6.07, 6.45) is 2.06. The van der Waals surface area contributed by atoms with Gasteiger partial charge in [0, 0.05) is 39.3 Å². The molecule has 146 valence electrons. The predicted octanol–water partition coefficient (Wildman–Crippen LogP) is 4.06. The maximum absolute atomic E-state index is 5.64. The highest BCUT2D eigenvalue weighted by molar-refractivity contribution is 14.0. The maximum atomic E-state index is 5.64. The number of hydrogen-bond donors (Lipinski definition) is 1.